The Morgan fingerprint density at radius 2 is 2.18 bits per heavy atom. The molecule has 3 heteroatoms. The maximum atomic E-state index is 8.48. The van der Waals surface area contributed by atoms with Crippen LogP contribution >= 0.6 is 0 Å². The van der Waals surface area contributed by atoms with Gasteiger partial charge in [-0.15, -0.1) is 0 Å². The highest BCUT2D eigenvalue weighted by Gasteiger charge is 2.19. The van der Waals surface area contributed by atoms with Gasteiger partial charge in [0.15, 0.2) is 0 Å². The fraction of sp³-hybridized carbons (Fsp3) is 0.875. The third-order valence-electron chi connectivity index (χ3n) is 2.19. The zero-order valence-corrected chi connectivity index (χ0v) is 6.62. The molecule has 0 amide bonds. The molecule has 0 aromatic rings. The lowest BCUT2D eigenvalue weighted by Gasteiger charge is -2.16. The van der Waals surface area contributed by atoms with E-state index in [9.17, 15) is 0 Å². The van der Waals surface area contributed by atoms with Crippen molar-refractivity contribution in [2.75, 3.05) is 13.2 Å². The van der Waals surface area contributed by atoms with Crippen molar-refractivity contribution in [3.05, 3.63) is 0 Å². The fourth-order valence-electron chi connectivity index (χ4n) is 1.38. The van der Waals surface area contributed by atoms with Crippen LogP contribution in [0.4, 0.5) is 0 Å². The van der Waals surface area contributed by atoms with Crippen molar-refractivity contribution in [2.45, 2.75) is 25.3 Å². The average molecular weight is 154 g/mol. The standard InChI is InChI=1S/C8H14N2O/c9-4-1-7-2-5-11-6-3-8(7)10/h7-8H,1-3,5-6,10H2/t7-,8+/m0/s1. The van der Waals surface area contributed by atoms with Gasteiger partial charge in [0, 0.05) is 25.7 Å². The number of hydrogen-bond acceptors (Lipinski definition) is 3. The summed E-state index contributed by atoms with van der Waals surface area (Å²) in [7, 11) is 0. The molecule has 0 aromatic heterocycles. The van der Waals surface area contributed by atoms with Crippen LogP contribution in [-0.2, 0) is 4.74 Å². The lowest BCUT2D eigenvalue weighted by atomic mass is 9.93. The highest BCUT2D eigenvalue weighted by molar-refractivity contribution is 4.83. The molecule has 1 fully saturated rings. The topological polar surface area (TPSA) is 59.0 Å². The molecule has 62 valence electrons. The van der Waals surface area contributed by atoms with E-state index in [2.05, 4.69) is 6.07 Å². The van der Waals surface area contributed by atoms with Crippen molar-refractivity contribution in [1.29, 1.82) is 5.26 Å². The van der Waals surface area contributed by atoms with E-state index in [1.54, 1.807) is 0 Å². The van der Waals surface area contributed by atoms with Crippen LogP contribution in [0.1, 0.15) is 19.3 Å². The third-order valence-corrected chi connectivity index (χ3v) is 2.19. The van der Waals surface area contributed by atoms with Gasteiger partial charge in [-0.2, -0.15) is 5.26 Å². The first-order chi connectivity index (χ1) is 5.34. The maximum absolute atomic E-state index is 8.48. The predicted octanol–water partition coefficient (Wildman–Crippen LogP) is 0.654. The number of rotatable bonds is 1. The number of nitrogens with zero attached hydrogens (tertiary/aromatic N) is 1. The molecule has 0 unspecified atom stereocenters. The first kappa shape index (κ1) is 8.51. The number of ether oxygens (including phenoxy) is 1. The molecule has 1 aliphatic heterocycles. The zero-order chi connectivity index (χ0) is 8.10. The Labute approximate surface area is 67.1 Å². The van der Waals surface area contributed by atoms with Crippen LogP contribution in [0.3, 0.4) is 0 Å². The summed E-state index contributed by atoms with van der Waals surface area (Å²) in [5.74, 6) is 0.350. The van der Waals surface area contributed by atoms with Crippen molar-refractivity contribution >= 4 is 0 Å². The number of hydrogen-bond donors (Lipinski definition) is 1. The SMILES string of the molecule is N#CC[C@H]1CCOCC[C@H]1N. The monoisotopic (exact) mass is 154 g/mol. The summed E-state index contributed by atoms with van der Waals surface area (Å²) in [4.78, 5) is 0. The highest BCUT2D eigenvalue weighted by atomic mass is 16.5. The Hall–Kier alpha value is -0.590. The van der Waals surface area contributed by atoms with Crippen LogP contribution in [0.2, 0.25) is 0 Å². The first-order valence-corrected chi connectivity index (χ1v) is 4.05. The Balaban J connectivity index is 2.40. The van der Waals surface area contributed by atoms with Gasteiger partial charge in [-0.25, -0.2) is 0 Å². The minimum absolute atomic E-state index is 0.164. The molecule has 1 saturated heterocycles. The van der Waals surface area contributed by atoms with Gasteiger partial charge in [-0.05, 0) is 18.8 Å². The van der Waals surface area contributed by atoms with Gasteiger partial charge in [0.25, 0.3) is 0 Å². The minimum atomic E-state index is 0.164. The zero-order valence-electron chi connectivity index (χ0n) is 6.62. The van der Waals surface area contributed by atoms with Crippen molar-refractivity contribution in [3.8, 4) is 6.07 Å². The molecule has 3 nitrogen and oxygen atoms in total. The number of nitrogens with two attached hydrogens (primary N) is 1. The molecular weight excluding hydrogens is 140 g/mol. The van der Waals surface area contributed by atoms with Gasteiger partial charge < -0.3 is 10.5 Å². The predicted molar refractivity (Wildman–Crippen MR) is 41.7 cm³/mol. The summed E-state index contributed by atoms with van der Waals surface area (Å²) in [6.45, 7) is 1.52. The molecule has 0 saturated carbocycles. The molecule has 0 radical (unpaired) electrons. The van der Waals surface area contributed by atoms with Crippen LogP contribution in [0.25, 0.3) is 0 Å². The summed E-state index contributed by atoms with van der Waals surface area (Å²) in [6, 6.07) is 2.32. The van der Waals surface area contributed by atoms with E-state index in [-0.39, 0.29) is 6.04 Å². The van der Waals surface area contributed by atoms with Gasteiger partial charge >= 0.3 is 0 Å². The van der Waals surface area contributed by atoms with Crippen LogP contribution in [0.5, 0.6) is 0 Å². The molecule has 2 atom stereocenters. The first-order valence-electron chi connectivity index (χ1n) is 4.05. The molecule has 0 aromatic carbocycles. The van der Waals surface area contributed by atoms with Gasteiger partial charge in [-0.3, -0.25) is 0 Å². The van der Waals surface area contributed by atoms with E-state index in [1.165, 1.54) is 0 Å². The largest absolute Gasteiger partial charge is 0.381 e. The molecule has 1 heterocycles. The fourth-order valence-corrected chi connectivity index (χ4v) is 1.38. The molecule has 11 heavy (non-hydrogen) atoms. The van der Waals surface area contributed by atoms with Crippen molar-refractivity contribution in [3.63, 3.8) is 0 Å². The Morgan fingerprint density at radius 3 is 2.91 bits per heavy atom. The van der Waals surface area contributed by atoms with Crippen LogP contribution in [0, 0.1) is 17.2 Å². The Kier molecular flexibility index (Phi) is 3.34. The van der Waals surface area contributed by atoms with Crippen LogP contribution < -0.4 is 5.73 Å². The van der Waals surface area contributed by atoms with Gasteiger partial charge in [0.1, 0.15) is 0 Å². The van der Waals surface area contributed by atoms with Gasteiger partial charge in [0.05, 0.1) is 6.07 Å². The van der Waals surface area contributed by atoms with Crippen LogP contribution in [0.15, 0.2) is 0 Å². The normalized spacial score (nSPS) is 32.4. The third kappa shape index (κ3) is 2.49. The van der Waals surface area contributed by atoms with Gasteiger partial charge in [0.2, 0.25) is 0 Å². The van der Waals surface area contributed by atoms with E-state index >= 15 is 0 Å². The van der Waals surface area contributed by atoms with Crippen molar-refractivity contribution in [2.24, 2.45) is 11.7 Å². The highest BCUT2D eigenvalue weighted by Crippen LogP contribution is 2.17. The quantitative estimate of drug-likeness (QED) is 0.603. The Bertz CT molecular complexity index is 153. The molecule has 0 aliphatic carbocycles. The summed E-state index contributed by atoms with van der Waals surface area (Å²) in [5, 5.41) is 8.48. The maximum Gasteiger partial charge on any atom is 0.0625 e. The second kappa shape index (κ2) is 4.32. The van der Waals surface area contributed by atoms with Gasteiger partial charge in [-0.1, -0.05) is 0 Å². The summed E-state index contributed by atoms with van der Waals surface area (Å²) in [5.41, 5.74) is 5.83. The number of nitriles is 1. The minimum Gasteiger partial charge on any atom is -0.381 e. The summed E-state index contributed by atoms with van der Waals surface area (Å²) in [6.07, 6.45) is 2.41. The molecular formula is C8H14N2O. The summed E-state index contributed by atoms with van der Waals surface area (Å²) < 4.78 is 5.25. The molecule has 0 spiro atoms. The molecule has 1 aliphatic rings. The summed E-state index contributed by atoms with van der Waals surface area (Å²) >= 11 is 0. The Morgan fingerprint density at radius 1 is 1.45 bits per heavy atom. The van der Waals surface area contributed by atoms with E-state index in [1.807, 2.05) is 0 Å². The van der Waals surface area contributed by atoms with E-state index < -0.39 is 0 Å². The van der Waals surface area contributed by atoms with E-state index in [0.717, 1.165) is 26.1 Å². The second-order valence-corrected chi connectivity index (χ2v) is 2.98. The van der Waals surface area contributed by atoms with E-state index in [4.69, 9.17) is 15.7 Å². The van der Waals surface area contributed by atoms with Crippen LogP contribution in [-0.4, -0.2) is 19.3 Å². The lowest BCUT2D eigenvalue weighted by Crippen LogP contribution is -2.29. The second-order valence-electron chi connectivity index (χ2n) is 2.98. The van der Waals surface area contributed by atoms with Crippen molar-refractivity contribution < 1.29 is 4.74 Å². The molecule has 2 N–H and O–H groups in total. The molecule has 0 bridgehead atoms. The van der Waals surface area contributed by atoms with Crippen molar-refractivity contribution in [1.82, 2.24) is 0 Å². The lowest BCUT2D eigenvalue weighted by molar-refractivity contribution is 0.141. The average Bonchev–Trinajstić information content (AvgIpc) is 2.18. The smallest absolute Gasteiger partial charge is 0.0625 e. The van der Waals surface area contributed by atoms with E-state index in [0.29, 0.717) is 12.3 Å². The molecule has 1 rings (SSSR count).